The Morgan fingerprint density at radius 2 is 1.95 bits per heavy atom. The second-order valence-electron chi connectivity index (χ2n) is 4.84. The quantitative estimate of drug-likeness (QED) is 0.795. The molecule has 0 bridgehead atoms. The van der Waals surface area contributed by atoms with Crippen molar-refractivity contribution in [2.45, 2.75) is 30.0 Å². The van der Waals surface area contributed by atoms with Crippen molar-refractivity contribution in [1.82, 2.24) is 10.0 Å². The zero-order valence-corrected chi connectivity index (χ0v) is 13.5. The number of alkyl halides is 3. The van der Waals surface area contributed by atoms with Gasteiger partial charge in [-0.05, 0) is 47.0 Å². The molecule has 1 saturated carbocycles. The van der Waals surface area contributed by atoms with Crippen LogP contribution < -0.4 is 10.0 Å². The first-order valence-electron chi connectivity index (χ1n) is 6.25. The number of benzene rings is 1. The van der Waals surface area contributed by atoms with Gasteiger partial charge in [0.05, 0.1) is 10.5 Å². The van der Waals surface area contributed by atoms with E-state index >= 15 is 0 Å². The van der Waals surface area contributed by atoms with Crippen LogP contribution in [0.15, 0.2) is 27.6 Å². The van der Waals surface area contributed by atoms with Crippen molar-refractivity contribution < 1.29 is 26.4 Å². The third-order valence-electron chi connectivity index (χ3n) is 2.84. The largest absolute Gasteiger partial charge is 0.405 e. The molecule has 1 fully saturated rings. The maximum atomic E-state index is 12.1. The Bertz CT molecular complexity index is 687. The lowest BCUT2D eigenvalue weighted by Crippen LogP contribution is -2.34. The van der Waals surface area contributed by atoms with Gasteiger partial charge < -0.3 is 5.32 Å². The predicted molar refractivity (Wildman–Crippen MR) is 75.9 cm³/mol. The minimum atomic E-state index is -4.54. The maximum Gasteiger partial charge on any atom is 0.405 e. The Morgan fingerprint density at radius 1 is 1.32 bits per heavy atom. The van der Waals surface area contributed by atoms with Crippen LogP contribution in [-0.2, 0) is 10.0 Å². The molecule has 2 N–H and O–H groups in total. The average Bonchev–Trinajstić information content (AvgIpc) is 3.18. The van der Waals surface area contributed by atoms with E-state index in [0.29, 0.717) is 0 Å². The van der Waals surface area contributed by atoms with Gasteiger partial charge in [0.2, 0.25) is 10.0 Å². The van der Waals surface area contributed by atoms with Crippen LogP contribution in [0.1, 0.15) is 23.2 Å². The molecule has 2 rings (SSSR count). The SMILES string of the molecule is O=C(NCC(F)(F)F)c1cc(S(=O)(=O)NC2CC2)ccc1Br. The van der Waals surface area contributed by atoms with Crippen LogP contribution in [0.3, 0.4) is 0 Å². The summed E-state index contributed by atoms with van der Waals surface area (Å²) in [5.74, 6) is -1.01. The molecule has 22 heavy (non-hydrogen) atoms. The lowest BCUT2D eigenvalue weighted by Gasteiger charge is -2.11. The Hall–Kier alpha value is -1.13. The normalized spacial score (nSPS) is 15.6. The summed E-state index contributed by atoms with van der Waals surface area (Å²) in [5, 5.41) is 1.70. The first-order chi connectivity index (χ1) is 10.1. The number of amides is 1. The minimum absolute atomic E-state index is 0.115. The van der Waals surface area contributed by atoms with E-state index in [4.69, 9.17) is 0 Å². The smallest absolute Gasteiger partial charge is 0.343 e. The molecule has 1 aromatic rings. The summed E-state index contributed by atoms with van der Waals surface area (Å²) in [6.07, 6.45) is -3.05. The summed E-state index contributed by atoms with van der Waals surface area (Å²) < 4.78 is 63.1. The van der Waals surface area contributed by atoms with Gasteiger partial charge >= 0.3 is 6.18 Å². The maximum absolute atomic E-state index is 12.1. The number of carbonyl (C=O) groups is 1. The third kappa shape index (κ3) is 4.68. The van der Waals surface area contributed by atoms with Crippen molar-refractivity contribution in [2.75, 3.05) is 6.54 Å². The number of hydrogen-bond acceptors (Lipinski definition) is 3. The molecule has 5 nitrogen and oxygen atoms in total. The summed E-state index contributed by atoms with van der Waals surface area (Å²) in [4.78, 5) is 11.6. The molecular weight excluding hydrogens is 389 g/mol. The summed E-state index contributed by atoms with van der Waals surface area (Å²) >= 11 is 3.02. The second kappa shape index (κ2) is 6.17. The molecular formula is C12H12BrF3N2O3S. The van der Waals surface area contributed by atoms with Gasteiger partial charge in [0, 0.05) is 10.5 Å². The number of hydrogen-bond donors (Lipinski definition) is 2. The Morgan fingerprint density at radius 3 is 2.50 bits per heavy atom. The monoisotopic (exact) mass is 400 g/mol. The molecule has 0 heterocycles. The van der Waals surface area contributed by atoms with Crippen molar-refractivity contribution in [1.29, 1.82) is 0 Å². The Labute approximate surface area is 133 Å². The van der Waals surface area contributed by atoms with E-state index in [1.54, 1.807) is 5.32 Å². The molecule has 1 aliphatic rings. The number of sulfonamides is 1. The molecule has 10 heteroatoms. The number of rotatable bonds is 5. The van der Waals surface area contributed by atoms with E-state index in [-0.39, 0.29) is 21.0 Å². The van der Waals surface area contributed by atoms with Crippen molar-refractivity contribution in [3.05, 3.63) is 28.2 Å². The van der Waals surface area contributed by atoms with Gasteiger partial charge in [-0.3, -0.25) is 4.79 Å². The van der Waals surface area contributed by atoms with Crippen LogP contribution in [-0.4, -0.2) is 33.1 Å². The van der Waals surface area contributed by atoms with Gasteiger partial charge in [0.1, 0.15) is 6.54 Å². The highest BCUT2D eigenvalue weighted by Crippen LogP contribution is 2.25. The van der Waals surface area contributed by atoms with Crippen LogP contribution in [0, 0.1) is 0 Å². The van der Waals surface area contributed by atoms with E-state index in [1.165, 1.54) is 12.1 Å². The van der Waals surface area contributed by atoms with Gasteiger partial charge in [-0.2, -0.15) is 13.2 Å². The molecule has 0 unspecified atom stereocenters. The molecule has 122 valence electrons. The number of nitrogens with one attached hydrogen (secondary N) is 2. The third-order valence-corrected chi connectivity index (χ3v) is 5.05. The lowest BCUT2D eigenvalue weighted by molar-refractivity contribution is -0.123. The second-order valence-corrected chi connectivity index (χ2v) is 7.40. The van der Waals surface area contributed by atoms with Crippen LogP contribution in [0.2, 0.25) is 0 Å². The van der Waals surface area contributed by atoms with E-state index < -0.39 is 28.7 Å². The molecule has 0 spiro atoms. The Balaban J connectivity index is 2.21. The highest BCUT2D eigenvalue weighted by Gasteiger charge is 2.30. The average molecular weight is 401 g/mol. The van der Waals surface area contributed by atoms with E-state index in [9.17, 15) is 26.4 Å². The topological polar surface area (TPSA) is 75.3 Å². The molecule has 0 aliphatic heterocycles. The van der Waals surface area contributed by atoms with Gasteiger partial charge in [0.15, 0.2) is 0 Å². The zero-order valence-electron chi connectivity index (χ0n) is 11.1. The molecule has 1 aliphatic carbocycles. The van der Waals surface area contributed by atoms with Crippen LogP contribution in [0.25, 0.3) is 0 Å². The number of carbonyl (C=O) groups excluding carboxylic acids is 1. The predicted octanol–water partition coefficient (Wildman–Crippen LogP) is 2.18. The highest BCUT2D eigenvalue weighted by molar-refractivity contribution is 9.10. The molecule has 0 radical (unpaired) electrons. The summed E-state index contributed by atoms with van der Waals surface area (Å²) in [6, 6.07) is 3.51. The van der Waals surface area contributed by atoms with Gasteiger partial charge in [-0.25, -0.2) is 13.1 Å². The molecule has 0 atom stereocenters. The van der Waals surface area contributed by atoms with E-state index in [2.05, 4.69) is 20.7 Å². The fraction of sp³-hybridized carbons (Fsp3) is 0.417. The molecule has 0 saturated heterocycles. The Kier molecular flexibility index (Phi) is 4.83. The van der Waals surface area contributed by atoms with Crippen molar-refractivity contribution >= 4 is 31.9 Å². The minimum Gasteiger partial charge on any atom is -0.343 e. The fourth-order valence-corrected chi connectivity index (χ4v) is 3.37. The lowest BCUT2D eigenvalue weighted by atomic mass is 10.2. The molecule has 1 amide bonds. The van der Waals surface area contributed by atoms with Crippen LogP contribution in [0.5, 0.6) is 0 Å². The number of halogens is 4. The summed E-state index contributed by atoms with van der Waals surface area (Å²) in [5.41, 5.74) is -0.178. The zero-order chi connectivity index (χ0) is 16.5. The van der Waals surface area contributed by atoms with Gasteiger partial charge in [-0.1, -0.05) is 0 Å². The fourth-order valence-electron chi connectivity index (χ4n) is 1.61. The molecule has 1 aromatic carbocycles. The van der Waals surface area contributed by atoms with E-state index in [0.717, 1.165) is 18.9 Å². The highest BCUT2D eigenvalue weighted by atomic mass is 79.9. The summed E-state index contributed by atoms with van der Waals surface area (Å²) in [7, 11) is -3.79. The van der Waals surface area contributed by atoms with Crippen LogP contribution >= 0.6 is 15.9 Å². The van der Waals surface area contributed by atoms with Crippen molar-refractivity contribution in [3.8, 4) is 0 Å². The van der Waals surface area contributed by atoms with Crippen LogP contribution in [0.4, 0.5) is 13.2 Å². The van der Waals surface area contributed by atoms with Gasteiger partial charge in [-0.15, -0.1) is 0 Å². The van der Waals surface area contributed by atoms with Gasteiger partial charge in [0.25, 0.3) is 5.91 Å². The first-order valence-corrected chi connectivity index (χ1v) is 8.53. The van der Waals surface area contributed by atoms with E-state index in [1.807, 2.05) is 0 Å². The van der Waals surface area contributed by atoms with Crippen molar-refractivity contribution in [3.63, 3.8) is 0 Å². The summed E-state index contributed by atoms with van der Waals surface area (Å²) in [6.45, 7) is -1.49. The standard InChI is InChI=1S/C12H12BrF3N2O3S/c13-10-4-3-8(22(20,21)18-7-1-2-7)5-9(10)11(19)17-6-12(14,15)16/h3-5,7,18H,1-2,6H2,(H,17,19). The molecule has 0 aromatic heterocycles. The first kappa shape index (κ1) is 17.2. The van der Waals surface area contributed by atoms with Crippen molar-refractivity contribution in [2.24, 2.45) is 0 Å².